The van der Waals surface area contributed by atoms with E-state index in [-0.39, 0.29) is 24.0 Å². The van der Waals surface area contributed by atoms with Crippen molar-refractivity contribution in [2.45, 2.75) is 40.2 Å². The Balaban J connectivity index is 0.00000264. The Morgan fingerprint density at radius 3 is 2.74 bits per heavy atom. The zero-order valence-corrected chi connectivity index (χ0v) is 17.9. The zero-order valence-electron chi connectivity index (χ0n) is 13.9. The Morgan fingerprint density at radius 1 is 1.30 bits per heavy atom. The van der Waals surface area contributed by atoms with Crippen molar-refractivity contribution >= 4 is 52.6 Å². The minimum atomic E-state index is 0. The fraction of sp³-hybridized carbons (Fsp3) is 0.500. The molecule has 2 rings (SSSR count). The highest BCUT2D eigenvalue weighted by atomic mass is 127. The van der Waals surface area contributed by atoms with Crippen molar-refractivity contribution in [2.75, 3.05) is 13.1 Å². The van der Waals surface area contributed by atoms with Gasteiger partial charge in [-0.3, -0.25) is 0 Å². The van der Waals surface area contributed by atoms with E-state index in [9.17, 15) is 0 Å². The van der Waals surface area contributed by atoms with Crippen LogP contribution in [0.3, 0.4) is 0 Å². The van der Waals surface area contributed by atoms with Crippen LogP contribution in [0.1, 0.15) is 35.0 Å². The Labute approximate surface area is 163 Å². The molecule has 0 bridgehead atoms. The molecule has 2 aromatic heterocycles. The third-order valence-corrected chi connectivity index (χ3v) is 5.05. The highest BCUT2D eigenvalue weighted by Crippen LogP contribution is 2.17. The third-order valence-electron chi connectivity index (χ3n) is 3.25. The molecule has 0 saturated heterocycles. The topological polar surface area (TPSA) is 49.3 Å². The maximum absolute atomic E-state index is 4.68. The van der Waals surface area contributed by atoms with Crippen molar-refractivity contribution in [3.8, 4) is 0 Å². The molecule has 2 heterocycles. The summed E-state index contributed by atoms with van der Waals surface area (Å²) in [5.74, 6) is 0.873. The van der Waals surface area contributed by atoms with Gasteiger partial charge in [-0.05, 0) is 42.7 Å². The lowest BCUT2D eigenvalue weighted by molar-refractivity contribution is 0.794. The predicted octanol–water partition coefficient (Wildman–Crippen LogP) is 3.99. The molecule has 23 heavy (non-hydrogen) atoms. The first-order chi connectivity index (χ1) is 10.7. The molecule has 2 N–H and O–H groups in total. The van der Waals surface area contributed by atoms with Crippen LogP contribution < -0.4 is 10.6 Å². The minimum absolute atomic E-state index is 0. The minimum Gasteiger partial charge on any atom is -0.357 e. The lowest BCUT2D eigenvalue weighted by atomic mass is 10.3. The van der Waals surface area contributed by atoms with Crippen LogP contribution in [0.4, 0.5) is 0 Å². The second-order valence-corrected chi connectivity index (χ2v) is 7.04. The summed E-state index contributed by atoms with van der Waals surface area (Å²) in [4.78, 5) is 10.6. The summed E-state index contributed by atoms with van der Waals surface area (Å²) >= 11 is 3.51. The molecule has 0 aliphatic heterocycles. The molecule has 0 spiro atoms. The van der Waals surface area contributed by atoms with Gasteiger partial charge in [-0.2, -0.15) is 11.3 Å². The van der Waals surface area contributed by atoms with E-state index in [0.717, 1.165) is 38.4 Å². The Hall–Kier alpha value is -0.670. The molecule has 0 radical (unpaired) electrons. The van der Waals surface area contributed by atoms with Gasteiger partial charge in [0.05, 0.1) is 17.2 Å². The number of guanidine groups is 1. The van der Waals surface area contributed by atoms with Gasteiger partial charge in [-0.15, -0.1) is 35.3 Å². The van der Waals surface area contributed by atoms with Crippen molar-refractivity contribution in [1.82, 2.24) is 15.6 Å². The first kappa shape index (κ1) is 20.4. The molecule has 0 aliphatic carbocycles. The lowest BCUT2D eigenvalue weighted by Crippen LogP contribution is -2.38. The van der Waals surface area contributed by atoms with Crippen molar-refractivity contribution in [1.29, 1.82) is 0 Å². The summed E-state index contributed by atoms with van der Waals surface area (Å²) in [6.45, 7) is 8.83. The average Bonchev–Trinajstić information content (AvgIpc) is 3.14. The van der Waals surface area contributed by atoms with E-state index in [1.165, 1.54) is 21.1 Å². The van der Waals surface area contributed by atoms with E-state index in [1.54, 1.807) is 22.7 Å². The largest absolute Gasteiger partial charge is 0.357 e. The molecule has 128 valence electrons. The first-order valence-corrected chi connectivity index (χ1v) is 9.47. The number of aliphatic imine (C=N–C) groups is 1. The highest BCUT2D eigenvalue weighted by molar-refractivity contribution is 14.0. The number of rotatable bonds is 7. The molecule has 7 heteroatoms. The smallest absolute Gasteiger partial charge is 0.191 e. The van der Waals surface area contributed by atoms with E-state index in [0.29, 0.717) is 0 Å². The highest BCUT2D eigenvalue weighted by Gasteiger charge is 2.06. The number of aryl methyl sites for hydroxylation is 2. The normalized spacial score (nSPS) is 11.2. The van der Waals surface area contributed by atoms with Gasteiger partial charge in [0.1, 0.15) is 0 Å². The van der Waals surface area contributed by atoms with Crippen molar-refractivity contribution < 1.29 is 0 Å². The number of aromatic nitrogens is 1. The second kappa shape index (κ2) is 11.0. The maximum atomic E-state index is 4.68. The van der Waals surface area contributed by atoms with Crippen molar-refractivity contribution in [3.05, 3.63) is 38.0 Å². The summed E-state index contributed by atoms with van der Waals surface area (Å²) < 4.78 is 0. The monoisotopic (exact) mass is 464 g/mol. The summed E-state index contributed by atoms with van der Waals surface area (Å²) in [5, 5.41) is 12.1. The SMILES string of the molecule is CCNC(=NCc1ccsc1)NCCc1nc(CC)c(C)s1.I. The van der Waals surface area contributed by atoms with Crippen LogP contribution in [0, 0.1) is 6.92 Å². The Bertz CT molecular complexity index is 593. The van der Waals surface area contributed by atoms with E-state index in [1.807, 2.05) is 0 Å². The molecule has 0 aliphatic rings. The summed E-state index contributed by atoms with van der Waals surface area (Å²) in [7, 11) is 0. The predicted molar refractivity (Wildman–Crippen MR) is 112 cm³/mol. The van der Waals surface area contributed by atoms with Gasteiger partial charge >= 0.3 is 0 Å². The van der Waals surface area contributed by atoms with Crippen molar-refractivity contribution in [2.24, 2.45) is 4.99 Å². The average molecular weight is 464 g/mol. The van der Waals surface area contributed by atoms with Crippen LogP contribution in [0.25, 0.3) is 0 Å². The Kier molecular flexibility index (Phi) is 9.73. The van der Waals surface area contributed by atoms with Gasteiger partial charge in [0, 0.05) is 24.4 Å². The van der Waals surface area contributed by atoms with Crippen LogP contribution in [-0.2, 0) is 19.4 Å². The zero-order chi connectivity index (χ0) is 15.8. The molecule has 0 atom stereocenters. The van der Waals surface area contributed by atoms with Crippen LogP contribution in [0.2, 0.25) is 0 Å². The number of thiophene rings is 1. The second-order valence-electron chi connectivity index (χ2n) is 4.97. The third kappa shape index (κ3) is 6.76. The molecular formula is C16H25IN4S2. The lowest BCUT2D eigenvalue weighted by Gasteiger charge is -2.10. The van der Waals surface area contributed by atoms with Crippen LogP contribution >= 0.6 is 46.7 Å². The molecule has 4 nitrogen and oxygen atoms in total. The van der Waals surface area contributed by atoms with E-state index < -0.39 is 0 Å². The standard InChI is InChI=1S/C16H24N4S2.HI/c1-4-14-12(3)22-15(20-14)6-8-18-16(17-5-2)19-10-13-7-9-21-11-13;/h7,9,11H,4-6,8,10H2,1-3H3,(H2,17,18,19);1H. The number of hydrogen-bond acceptors (Lipinski definition) is 4. The van der Waals surface area contributed by atoms with E-state index in [4.69, 9.17) is 0 Å². The molecule has 0 saturated carbocycles. The van der Waals surface area contributed by atoms with Gasteiger partial charge < -0.3 is 10.6 Å². The van der Waals surface area contributed by atoms with Gasteiger partial charge in [0.2, 0.25) is 0 Å². The first-order valence-electron chi connectivity index (χ1n) is 7.71. The molecule has 2 aromatic rings. The van der Waals surface area contributed by atoms with Gasteiger partial charge in [0.25, 0.3) is 0 Å². The molecule has 0 unspecified atom stereocenters. The summed E-state index contributed by atoms with van der Waals surface area (Å²) in [6.07, 6.45) is 1.95. The Morgan fingerprint density at radius 2 is 2.13 bits per heavy atom. The van der Waals surface area contributed by atoms with Gasteiger partial charge in [0.15, 0.2) is 5.96 Å². The quantitative estimate of drug-likeness (QED) is 0.370. The van der Waals surface area contributed by atoms with Crippen LogP contribution in [-0.4, -0.2) is 24.0 Å². The van der Waals surface area contributed by atoms with Crippen molar-refractivity contribution in [3.63, 3.8) is 0 Å². The molecule has 0 amide bonds. The summed E-state index contributed by atoms with van der Waals surface area (Å²) in [5.41, 5.74) is 2.49. The van der Waals surface area contributed by atoms with E-state index >= 15 is 0 Å². The molecular weight excluding hydrogens is 439 g/mol. The van der Waals surface area contributed by atoms with Crippen LogP contribution in [0.5, 0.6) is 0 Å². The molecule has 0 fully saturated rings. The fourth-order valence-corrected chi connectivity index (χ4v) is 3.79. The maximum Gasteiger partial charge on any atom is 0.191 e. The van der Waals surface area contributed by atoms with Crippen LogP contribution in [0.15, 0.2) is 21.8 Å². The number of halogens is 1. The van der Waals surface area contributed by atoms with Gasteiger partial charge in [-0.25, -0.2) is 9.98 Å². The van der Waals surface area contributed by atoms with Gasteiger partial charge in [-0.1, -0.05) is 6.92 Å². The summed E-state index contributed by atoms with van der Waals surface area (Å²) in [6, 6.07) is 2.11. The molecule has 0 aromatic carbocycles. The number of thiazole rings is 1. The fourth-order valence-electron chi connectivity index (χ4n) is 2.11. The number of nitrogens with one attached hydrogen (secondary N) is 2. The van der Waals surface area contributed by atoms with E-state index in [2.05, 4.69) is 58.2 Å². The number of nitrogens with zero attached hydrogens (tertiary/aromatic N) is 2. The number of hydrogen-bond donors (Lipinski definition) is 2.